The van der Waals surface area contributed by atoms with Gasteiger partial charge in [-0.15, -0.1) is 6.58 Å². The first-order valence-electron chi connectivity index (χ1n) is 9.17. The molecule has 0 aromatic rings. The Bertz CT molecular complexity index is 402. The highest BCUT2D eigenvalue weighted by molar-refractivity contribution is 6.74. The van der Waals surface area contributed by atoms with E-state index in [9.17, 15) is 0 Å². The highest BCUT2D eigenvalue weighted by Gasteiger charge is 2.38. The van der Waals surface area contributed by atoms with E-state index < -0.39 is 16.6 Å². The Morgan fingerprint density at radius 3 is 1.60 bits per heavy atom. The minimum atomic E-state index is -1.72. The number of hydrogen-bond donors (Lipinski definition) is 1. The van der Waals surface area contributed by atoms with Crippen LogP contribution in [0.15, 0.2) is 24.8 Å². The van der Waals surface area contributed by atoms with Crippen molar-refractivity contribution >= 4 is 16.6 Å². The highest BCUT2D eigenvalue weighted by Crippen LogP contribution is 2.38. The van der Waals surface area contributed by atoms with Gasteiger partial charge in [0, 0.05) is 7.11 Å². The third kappa shape index (κ3) is 10.5. The summed E-state index contributed by atoms with van der Waals surface area (Å²) in [6.45, 7) is 26.2. The second-order valence-corrected chi connectivity index (χ2v) is 19.2. The molecule has 150 valence electrons. The smallest absolute Gasteiger partial charge is 0.192 e. The van der Waals surface area contributed by atoms with Crippen molar-refractivity contribution < 1.29 is 14.0 Å². The maximum absolute atomic E-state index is 8.67. The zero-order valence-electron chi connectivity index (χ0n) is 18.7. The summed E-state index contributed by atoms with van der Waals surface area (Å²) in [6, 6.07) is 0. The van der Waals surface area contributed by atoms with E-state index >= 15 is 0 Å². The predicted molar refractivity (Wildman–Crippen MR) is 117 cm³/mol. The maximum atomic E-state index is 8.67. The van der Waals surface area contributed by atoms with Gasteiger partial charge in [0.1, 0.15) is 0 Å². The van der Waals surface area contributed by atoms with Crippen LogP contribution in [0.2, 0.25) is 36.3 Å². The van der Waals surface area contributed by atoms with Crippen molar-refractivity contribution in [2.45, 2.75) is 90.3 Å². The van der Waals surface area contributed by atoms with Crippen molar-refractivity contribution in [2.24, 2.45) is 0 Å². The van der Waals surface area contributed by atoms with Crippen LogP contribution in [0.3, 0.4) is 0 Å². The average Bonchev–Trinajstić information content (AvgIpc) is 2.44. The molecular formula is C20H44O3Si2. The molecule has 0 amide bonds. The quantitative estimate of drug-likeness (QED) is 0.420. The summed E-state index contributed by atoms with van der Waals surface area (Å²) in [6.07, 6.45) is 6.38. The van der Waals surface area contributed by atoms with Crippen LogP contribution in [0, 0.1) is 0 Å². The molecule has 0 fully saturated rings. The molecule has 0 spiro atoms. The third-order valence-corrected chi connectivity index (χ3v) is 14.6. The topological polar surface area (TPSA) is 38.7 Å². The van der Waals surface area contributed by atoms with E-state index in [-0.39, 0.29) is 17.7 Å². The fourth-order valence-electron chi connectivity index (χ4n) is 1.36. The molecule has 3 nitrogen and oxygen atoms in total. The van der Waals surface area contributed by atoms with Crippen LogP contribution in [-0.2, 0) is 8.85 Å². The first-order chi connectivity index (χ1) is 11.1. The Kier molecular flexibility index (Phi) is 11.7. The lowest BCUT2D eigenvalue weighted by Crippen LogP contribution is -2.43. The van der Waals surface area contributed by atoms with Gasteiger partial charge in [-0.05, 0) is 42.7 Å². The van der Waals surface area contributed by atoms with Crippen molar-refractivity contribution in [1.82, 2.24) is 0 Å². The predicted octanol–water partition coefficient (Wildman–Crippen LogP) is 6.14. The Labute approximate surface area is 159 Å². The molecule has 1 N–H and O–H groups in total. The standard InChI is InChI=1S/C13H26O2Si.C7H18OSi/c1-7-12(10-8-9-11-14)15-16(5,6)13(2,3)4;1-7(2,3)9(5,6)8-4/h7-9,12,14H,1,10-11H2,2-6H3;1-6H3/b9-8-;/t12-;/m0./s1. The summed E-state index contributed by atoms with van der Waals surface area (Å²) in [5.74, 6) is 0. The molecule has 0 radical (unpaired) electrons. The molecule has 1 atom stereocenters. The van der Waals surface area contributed by atoms with Gasteiger partial charge in [-0.1, -0.05) is 59.8 Å². The molecular weight excluding hydrogens is 344 g/mol. The summed E-state index contributed by atoms with van der Waals surface area (Å²) in [4.78, 5) is 0. The second-order valence-electron chi connectivity index (χ2n) is 9.51. The van der Waals surface area contributed by atoms with Gasteiger partial charge in [0.05, 0.1) is 12.7 Å². The van der Waals surface area contributed by atoms with Crippen LogP contribution < -0.4 is 0 Å². The van der Waals surface area contributed by atoms with E-state index in [0.717, 1.165) is 6.42 Å². The molecule has 0 bridgehead atoms. The minimum Gasteiger partial charge on any atom is -0.420 e. The van der Waals surface area contributed by atoms with Crippen LogP contribution in [0.4, 0.5) is 0 Å². The average molecular weight is 389 g/mol. The molecule has 25 heavy (non-hydrogen) atoms. The van der Waals surface area contributed by atoms with Gasteiger partial charge in [0.25, 0.3) is 0 Å². The first-order valence-corrected chi connectivity index (χ1v) is 15.0. The molecule has 0 aliphatic rings. The van der Waals surface area contributed by atoms with Gasteiger partial charge in [-0.2, -0.15) is 0 Å². The van der Waals surface area contributed by atoms with Gasteiger partial charge in [0.2, 0.25) is 0 Å². The van der Waals surface area contributed by atoms with E-state index in [0.29, 0.717) is 5.04 Å². The lowest BCUT2D eigenvalue weighted by Gasteiger charge is -2.38. The van der Waals surface area contributed by atoms with Crippen LogP contribution in [0.5, 0.6) is 0 Å². The molecule has 0 saturated heterocycles. The molecule has 0 aliphatic heterocycles. The molecule has 0 saturated carbocycles. The summed E-state index contributed by atoms with van der Waals surface area (Å²) < 4.78 is 11.6. The first kappa shape index (κ1) is 27.0. The van der Waals surface area contributed by atoms with Crippen molar-refractivity contribution in [3.8, 4) is 0 Å². The van der Waals surface area contributed by atoms with Crippen LogP contribution in [0.1, 0.15) is 48.0 Å². The second kappa shape index (κ2) is 10.8. The largest absolute Gasteiger partial charge is 0.420 e. The zero-order valence-corrected chi connectivity index (χ0v) is 20.7. The molecule has 0 heterocycles. The Balaban J connectivity index is 0. The van der Waals surface area contributed by atoms with E-state index in [1.54, 1.807) is 6.08 Å². The summed E-state index contributed by atoms with van der Waals surface area (Å²) >= 11 is 0. The normalized spacial score (nSPS) is 14.9. The molecule has 0 aromatic heterocycles. The van der Waals surface area contributed by atoms with Crippen molar-refractivity contribution in [1.29, 1.82) is 0 Å². The van der Waals surface area contributed by atoms with E-state index in [2.05, 4.69) is 74.3 Å². The van der Waals surface area contributed by atoms with Gasteiger partial charge in [-0.3, -0.25) is 0 Å². The SMILES string of the molecule is C=C[C@@H](C/C=C\CO)O[Si](C)(C)C(C)(C)C.CO[Si](C)(C)C(C)(C)C. The fraction of sp³-hybridized carbons (Fsp3) is 0.800. The monoisotopic (exact) mass is 388 g/mol. The Morgan fingerprint density at radius 1 is 0.920 bits per heavy atom. The Morgan fingerprint density at radius 2 is 1.36 bits per heavy atom. The highest BCUT2D eigenvalue weighted by atomic mass is 28.4. The fourth-order valence-corrected chi connectivity index (χ4v) is 3.27. The van der Waals surface area contributed by atoms with Crippen LogP contribution >= 0.6 is 0 Å². The molecule has 0 unspecified atom stereocenters. The third-order valence-electron chi connectivity index (χ3n) is 5.47. The molecule has 5 heteroatoms. The van der Waals surface area contributed by atoms with Gasteiger partial charge in [-0.25, -0.2) is 0 Å². The number of aliphatic hydroxyl groups is 1. The van der Waals surface area contributed by atoms with E-state index in [1.807, 2.05) is 19.3 Å². The number of aliphatic hydroxyl groups excluding tert-OH is 1. The van der Waals surface area contributed by atoms with Crippen molar-refractivity contribution in [2.75, 3.05) is 13.7 Å². The van der Waals surface area contributed by atoms with Gasteiger partial charge >= 0.3 is 0 Å². The molecule has 0 aliphatic carbocycles. The number of rotatable bonds is 7. The summed E-state index contributed by atoms with van der Waals surface area (Å²) in [5, 5.41) is 9.25. The molecule has 0 aromatic carbocycles. The maximum Gasteiger partial charge on any atom is 0.192 e. The lowest BCUT2D eigenvalue weighted by atomic mass is 10.2. The van der Waals surface area contributed by atoms with Gasteiger partial charge in [0.15, 0.2) is 16.6 Å². The molecule has 0 rings (SSSR count). The van der Waals surface area contributed by atoms with E-state index in [1.165, 1.54) is 0 Å². The lowest BCUT2D eigenvalue weighted by molar-refractivity contribution is 0.228. The summed E-state index contributed by atoms with van der Waals surface area (Å²) in [7, 11) is -1.28. The van der Waals surface area contributed by atoms with E-state index in [4.69, 9.17) is 14.0 Å². The van der Waals surface area contributed by atoms with Crippen LogP contribution in [-0.4, -0.2) is 41.6 Å². The zero-order chi connectivity index (χ0) is 20.5. The Hall–Kier alpha value is -0.206. The van der Waals surface area contributed by atoms with Crippen molar-refractivity contribution in [3.63, 3.8) is 0 Å². The number of hydrogen-bond acceptors (Lipinski definition) is 3. The summed E-state index contributed by atoms with van der Waals surface area (Å²) in [5.41, 5.74) is 0. The van der Waals surface area contributed by atoms with Crippen LogP contribution in [0.25, 0.3) is 0 Å². The minimum absolute atomic E-state index is 0.0590. The van der Waals surface area contributed by atoms with Crippen molar-refractivity contribution in [3.05, 3.63) is 24.8 Å². The van der Waals surface area contributed by atoms with Gasteiger partial charge < -0.3 is 14.0 Å².